The first kappa shape index (κ1) is 28.6. The van der Waals surface area contributed by atoms with Gasteiger partial charge in [0.05, 0.1) is 27.7 Å². The average Bonchev–Trinajstić information content (AvgIpc) is 3.27. The summed E-state index contributed by atoms with van der Waals surface area (Å²) in [5.41, 5.74) is 1.28. The van der Waals surface area contributed by atoms with Gasteiger partial charge in [0.1, 0.15) is 11.2 Å². The number of ether oxygens (including phenoxy) is 1. The van der Waals surface area contributed by atoms with Gasteiger partial charge in [0, 0.05) is 37.9 Å². The second-order valence-corrected chi connectivity index (χ2v) is 13.7. The van der Waals surface area contributed by atoms with Crippen molar-refractivity contribution in [3.63, 3.8) is 0 Å². The van der Waals surface area contributed by atoms with E-state index in [9.17, 15) is 13.2 Å². The summed E-state index contributed by atoms with van der Waals surface area (Å²) in [6.45, 7) is 11.9. The number of anilines is 2. The number of nitrogens with one attached hydrogen (secondary N) is 1. The number of hydrogen-bond acceptors (Lipinski definition) is 6. The van der Waals surface area contributed by atoms with Crippen LogP contribution in [0.5, 0.6) is 0 Å². The number of aromatic nitrogens is 2. The third-order valence-corrected chi connectivity index (χ3v) is 8.97. The highest BCUT2D eigenvalue weighted by molar-refractivity contribution is 7.92. The molecule has 1 aliphatic rings. The maximum atomic E-state index is 13.5. The molecule has 1 saturated heterocycles. The first-order valence-electron chi connectivity index (χ1n) is 13.1. The molecule has 1 fully saturated rings. The summed E-state index contributed by atoms with van der Waals surface area (Å²) in [4.78, 5) is 17.3. The van der Waals surface area contributed by atoms with E-state index in [0.29, 0.717) is 17.3 Å². The summed E-state index contributed by atoms with van der Waals surface area (Å²) in [6.07, 6.45) is 2.03. The molecule has 9 nitrogen and oxygen atoms in total. The van der Waals surface area contributed by atoms with Crippen molar-refractivity contribution < 1.29 is 17.9 Å². The molecule has 0 aliphatic carbocycles. The number of sulfonamides is 1. The summed E-state index contributed by atoms with van der Waals surface area (Å²) in [7, 11) is -2.35. The predicted octanol–water partition coefficient (Wildman–Crippen LogP) is 5.07. The molecule has 0 radical (unpaired) electrons. The largest absolute Gasteiger partial charge is 0.381 e. The summed E-state index contributed by atoms with van der Waals surface area (Å²) < 4.78 is 36.0. The van der Waals surface area contributed by atoms with Crippen molar-refractivity contribution in [2.24, 2.45) is 11.3 Å². The lowest BCUT2D eigenvalue weighted by Gasteiger charge is -2.26. The van der Waals surface area contributed by atoms with Gasteiger partial charge in [-0.15, -0.1) is 0 Å². The summed E-state index contributed by atoms with van der Waals surface area (Å²) in [6, 6.07) is 13.5. The van der Waals surface area contributed by atoms with Crippen LogP contribution in [0.25, 0.3) is 11.0 Å². The fraction of sp³-hybridized carbons (Fsp3) is 0.483. The third-order valence-electron chi connectivity index (χ3n) is 7.17. The minimum Gasteiger partial charge on any atom is -0.381 e. The number of fused-ring (bicyclic) bond motifs is 1. The Balaban J connectivity index is 1.61. The van der Waals surface area contributed by atoms with E-state index in [0.717, 1.165) is 49.5 Å². The molecule has 39 heavy (non-hydrogen) atoms. The zero-order valence-corrected chi connectivity index (χ0v) is 24.3. The molecule has 4 rings (SSSR count). The number of imidazole rings is 1. The molecule has 2 aromatic carbocycles. The van der Waals surface area contributed by atoms with Crippen LogP contribution in [0.3, 0.4) is 0 Å². The quantitative estimate of drug-likeness (QED) is 0.438. The molecular formula is C29H37N5O4S. The summed E-state index contributed by atoms with van der Waals surface area (Å²) >= 11 is 0. The van der Waals surface area contributed by atoms with Crippen LogP contribution >= 0.6 is 0 Å². The fourth-order valence-electron chi connectivity index (χ4n) is 4.60. The first-order chi connectivity index (χ1) is 18.2. The minimum atomic E-state index is -3.87. The molecule has 208 valence electrons. The molecule has 10 heteroatoms. The first-order valence-corrected chi connectivity index (χ1v) is 14.6. The van der Waals surface area contributed by atoms with Crippen molar-refractivity contribution in [2.45, 2.75) is 64.3 Å². The number of carbonyl (C=O) groups excluding carboxylic acids is 1. The molecule has 0 saturated carbocycles. The number of benzene rings is 2. The Morgan fingerprint density at radius 3 is 2.36 bits per heavy atom. The second-order valence-electron chi connectivity index (χ2n) is 11.7. The number of carbonyl (C=O) groups is 1. The molecule has 1 aliphatic heterocycles. The van der Waals surface area contributed by atoms with Gasteiger partial charge in [-0.1, -0.05) is 20.8 Å². The van der Waals surface area contributed by atoms with Crippen molar-refractivity contribution >= 4 is 38.3 Å². The Morgan fingerprint density at radius 1 is 1.13 bits per heavy atom. The molecule has 1 amide bonds. The highest BCUT2D eigenvalue weighted by atomic mass is 32.2. The van der Waals surface area contributed by atoms with Crippen molar-refractivity contribution in [1.29, 1.82) is 5.26 Å². The Bertz CT molecular complexity index is 1510. The molecule has 1 aromatic heterocycles. The maximum Gasteiger partial charge on any atom is 0.264 e. The highest BCUT2D eigenvalue weighted by Crippen LogP contribution is 2.32. The minimum absolute atomic E-state index is 0.0862. The maximum absolute atomic E-state index is 13.5. The van der Waals surface area contributed by atoms with E-state index in [1.54, 1.807) is 0 Å². The standard InChI is InChI=1S/C29H37N5O4S/c1-28(2,3)26-32-24-17-22(9-12-25(24)34(26)18-20-13-15-38-16-14-20)33(6)39(36,37)23-10-7-21(8-11-23)31-27(35)29(4,5)19-30/h7-12,17,20H,13-16,18H2,1-6H3,(H,31,35). The van der Waals surface area contributed by atoms with Gasteiger partial charge in [0.25, 0.3) is 10.0 Å². The van der Waals surface area contributed by atoms with Crippen LogP contribution < -0.4 is 9.62 Å². The van der Waals surface area contributed by atoms with Crippen LogP contribution in [-0.2, 0) is 31.5 Å². The normalized spacial score (nSPS) is 15.2. The van der Waals surface area contributed by atoms with Gasteiger partial charge in [-0.25, -0.2) is 13.4 Å². The number of rotatable bonds is 7. The average molecular weight is 552 g/mol. The molecule has 3 aromatic rings. The van der Waals surface area contributed by atoms with Gasteiger partial charge in [0.15, 0.2) is 0 Å². The number of hydrogen-bond donors (Lipinski definition) is 1. The number of nitriles is 1. The van der Waals surface area contributed by atoms with Crippen LogP contribution in [0, 0.1) is 22.7 Å². The molecular weight excluding hydrogens is 514 g/mol. The summed E-state index contributed by atoms with van der Waals surface area (Å²) in [5.74, 6) is 1.03. The highest BCUT2D eigenvalue weighted by Gasteiger charge is 2.29. The lowest BCUT2D eigenvalue weighted by Crippen LogP contribution is -2.29. The van der Waals surface area contributed by atoms with Crippen molar-refractivity contribution in [3.05, 3.63) is 48.3 Å². The van der Waals surface area contributed by atoms with Gasteiger partial charge < -0.3 is 14.6 Å². The number of nitrogens with zero attached hydrogens (tertiary/aromatic N) is 4. The molecule has 0 bridgehead atoms. The second kappa shape index (κ2) is 10.6. The van der Waals surface area contributed by atoms with Crippen LogP contribution in [0.4, 0.5) is 11.4 Å². The number of amides is 1. The van der Waals surface area contributed by atoms with Gasteiger partial charge in [0.2, 0.25) is 5.91 Å². The van der Waals surface area contributed by atoms with Gasteiger partial charge in [-0.05, 0) is 75.1 Å². The van der Waals surface area contributed by atoms with Crippen molar-refractivity contribution in [2.75, 3.05) is 29.9 Å². The Labute approximate surface area is 230 Å². The van der Waals surface area contributed by atoms with E-state index >= 15 is 0 Å². The van der Waals surface area contributed by atoms with E-state index in [4.69, 9.17) is 15.0 Å². The van der Waals surface area contributed by atoms with Gasteiger partial charge >= 0.3 is 0 Å². The van der Waals surface area contributed by atoms with E-state index in [-0.39, 0.29) is 10.3 Å². The molecule has 2 heterocycles. The van der Waals surface area contributed by atoms with E-state index in [2.05, 4.69) is 30.7 Å². The topological polar surface area (TPSA) is 117 Å². The third kappa shape index (κ3) is 5.94. The predicted molar refractivity (Wildman–Crippen MR) is 152 cm³/mol. The molecule has 0 atom stereocenters. The SMILES string of the molecule is CN(c1ccc2c(c1)nc(C(C)(C)C)n2CC1CCOCC1)S(=O)(=O)c1ccc(NC(=O)C(C)(C)C#N)cc1. The van der Waals surface area contributed by atoms with Gasteiger partial charge in [-0.2, -0.15) is 5.26 Å². The smallest absolute Gasteiger partial charge is 0.264 e. The Morgan fingerprint density at radius 2 is 1.77 bits per heavy atom. The zero-order chi connectivity index (χ0) is 28.6. The van der Waals surface area contributed by atoms with E-state index in [1.165, 1.54) is 49.5 Å². The zero-order valence-electron chi connectivity index (χ0n) is 23.5. The van der Waals surface area contributed by atoms with Crippen LogP contribution in [0.1, 0.15) is 53.3 Å². The lowest BCUT2D eigenvalue weighted by atomic mass is 9.94. The van der Waals surface area contributed by atoms with Crippen LogP contribution in [-0.4, -0.2) is 44.1 Å². The molecule has 1 N–H and O–H groups in total. The van der Waals surface area contributed by atoms with Gasteiger partial charge in [-0.3, -0.25) is 9.10 Å². The van der Waals surface area contributed by atoms with Crippen LogP contribution in [0.15, 0.2) is 47.4 Å². The Hall–Kier alpha value is -3.42. The van der Waals surface area contributed by atoms with Crippen LogP contribution in [0.2, 0.25) is 0 Å². The molecule has 0 spiro atoms. The fourth-order valence-corrected chi connectivity index (χ4v) is 5.79. The monoisotopic (exact) mass is 551 g/mol. The van der Waals surface area contributed by atoms with Crippen molar-refractivity contribution in [3.8, 4) is 6.07 Å². The Kier molecular flexibility index (Phi) is 7.79. The molecule has 0 unspecified atom stereocenters. The summed E-state index contributed by atoms with van der Waals surface area (Å²) in [5, 5.41) is 11.8. The van der Waals surface area contributed by atoms with Crippen molar-refractivity contribution in [1.82, 2.24) is 9.55 Å². The lowest BCUT2D eigenvalue weighted by molar-refractivity contribution is -0.121. The van der Waals surface area contributed by atoms with E-state index < -0.39 is 21.3 Å². The van der Waals surface area contributed by atoms with E-state index in [1.807, 2.05) is 24.3 Å².